The topological polar surface area (TPSA) is 68.0 Å². The van der Waals surface area contributed by atoms with Gasteiger partial charge in [-0.1, -0.05) is 6.92 Å². The first-order valence-electron chi connectivity index (χ1n) is 4.23. The Hall–Kier alpha value is -1.58. The third-order valence-electron chi connectivity index (χ3n) is 1.53. The fraction of sp³-hybridized carbons (Fsp3) is 0.333. The summed E-state index contributed by atoms with van der Waals surface area (Å²) in [5, 5.41) is 2.65. The predicted octanol–water partition coefficient (Wildman–Crippen LogP) is 1.40. The molecule has 0 spiro atoms. The highest BCUT2D eigenvalue weighted by Crippen LogP contribution is 2.08. The van der Waals surface area contributed by atoms with Gasteiger partial charge in [0.15, 0.2) is 0 Å². The summed E-state index contributed by atoms with van der Waals surface area (Å²) in [5.74, 6) is 0.485. The monoisotopic (exact) mass is 179 g/mol. The number of hydrogen-bond acceptors (Lipinski definition) is 3. The number of nitrogens with one attached hydrogen (secondary N) is 1. The lowest BCUT2D eigenvalue weighted by Crippen LogP contribution is -2.11. The number of pyridine rings is 1. The van der Waals surface area contributed by atoms with E-state index in [1.165, 1.54) is 0 Å². The Bertz CT molecular complexity index is 299. The van der Waals surface area contributed by atoms with Crippen molar-refractivity contribution in [3.63, 3.8) is 0 Å². The van der Waals surface area contributed by atoms with Crippen molar-refractivity contribution >= 4 is 17.4 Å². The van der Waals surface area contributed by atoms with Crippen molar-refractivity contribution in [3.05, 3.63) is 18.3 Å². The molecule has 4 heteroatoms. The molecule has 1 aromatic heterocycles. The minimum absolute atomic E-state index is 0.0272. The van der Waals surface area contributed by atoms with Crippen molar-refractivity contribution in [2.75, 3.05) is 11.1 Å². The van der Waals surface area contributed by atoms with Crippen LogP contribution in [0, 0.1) is 0 Å². The van der Waals surface area contributed by atoms with Gasteiger partial charge in [-0.3, -0.25) is 4.79 Å². The normalized spacial score (nSPS) is 9.62. The number of amides is 1. The highest BCUT2D eigenvalue weighted by molar-refractivity contribution is 5.89. The number of anilines is 2. The molecule has 0 aliphatic rings. The van der Waals surface area contributed by atoms with Crippen LogP contribution in [0.2, 0.25) is 0 Å². The SMILES string of the molecule is CCCC(=O)Nc1cc(N)ccn1. The van der Waals surface area contributed by atoms with Gasteiger partial charge >= 0.3 is 0 Å². The standard InChI is InChI=1S/C9H13N3O/c1-2-3-9(13)12-8-6-7(10)4-5-11-8/h4-6H,2-3H2,1H3,(H3,10,11,12,13). The molecule has 0 aromatic carbocycles. The first-order valence-corrected chi connectivity index (χ1v) is 4.23. The number of nitrogens with two attached hydrogens (primary N) is 1. The summed E-state index contributed by atoms with van der Waals surface area (Å²) in [6.07, 6.45) is 2.90. The van der Waals surface area contributed by atoms with Crippen LogP contribution in [0.1, 0.15) is 19.8 Å². The zero-order chi connectivity index (χ0) is 9.68. The van der Waals surface area contributed by atoms with Crippen LogP contribution in [0.15, 0.2) is 18.3 Å². The van der Waals surface area contributed by atoms with E-state index in [-0.39, 0.29) is 5.91 Å². The fourth-order valence-electron chi connectivity index (χ4n) is 0.948. The molecule has 1 heterocycles. The minimum Gasteiger partial charge on any atom is -0.399 e. The van der Waals surface area contributed by atoms with Gasteiger partial charge in [-0.15, -0.1) is 0 Å². The van der Waals surface area contributed by atoms with E-state index in [1.54, 1.807) is 18.3 Å². The number of carbonyl (C=O) groups is 1. The summed E-state index contributed by atoms with van der Waals surface area (Å²) in [6, 6.07) is 3.31. The van der Waals surface area contributed by atoms with Crippen molar-refractivity contribution in [1.29, 1.82) is 0 Å². The van der Waals surface area contributed by atoms with E-state index in [1.807, 2.05) is 6.92 Å². The van der Waals surface area contributed by atoms with Crippen LogP contribution in [0.25, 0.3) is 0 Å². The molecule has 3 N–H and O–H groups in total. The lowest BCUT2D eigenvalue weighted by Gasteiger charge is -2.02. The highest BCUT2D eigenvalue weighted by Gasteiger charge is 2.00. The van der Waals surface area contributed by atoms with Crippen LogP contribution >= 0.6 is 0 Å². The molecule has 1 aromatic rings. The van der Waals surface area contributed by atoms with Gasteiger partial charge in [0.1, 0.15) is 5.82 Å². The van der Waals surface area contributed by atoms with E-state index in [0.717, 1.165) is 6.42 Å². The van der Waals surface area contributed by atoms with Crippen molar-refractivity contribution < 1.29 is 4.79 Å². The average Bonchev–Trinajstić information content (AvgIpc) is 2.04. The summed E-state index contributed by atoms with van der Waals surface area (Å²) < 4.78 is 0. The first-order chi connectivity index (χ1) is 6.22. The minimum atomic E-state index is -0.0272. The molecule has 0 aliphatic carbocycles. The van der Waals surface area contributed by atoms with Crippen molar-refractivity contribution in [1.82, 2.24) is 4.98 Å². The average molecular weight is 179 g/mol. The number of nitrogens with zero attached hydrogens (tertiary/aromatic N) is 1. The number of rotatable bonds is 3. The number of aromatic nitrogens is 1. The molecular weight excluding hydrogens is 166 g/mol. The van der Waals surface area contributed by atoms with Crippen LogP contribution in [-0.2, 0) is 4.79 Å². The quantitative estimate of drug-likeness (QED) is 0.737. The van der Waals surface area contributed by atoms with Gasteiger partial charge in [-0.2, -0.15) is 0 Å². The molecule has 1 amide bonds. The lowest BCUT2D eigenvalue weighted by molar-refractivity contribution is -0.116. The summed E-state index contributed by atoms with van der Waals surface area (Å²) in [5.41, 5.74) is 6.12. The maximum atomic E-state index is 11.1. The Morgan fingerprint density at radius 2 is 2.46 bits per heavy atom. The first kappa shape index (κ1) is 9.51. The molecule has 0 saturated carbocycles. The second-order valence-electron chi connectivity index (χ2n) is 2.77. The molecule has 70 valence electrons. The molecule has 13 heavy (non-hydrogen) atoms. The second-order valence-corrected chi connectivity index (χ2v) is 2.77. The van der Waals surface area contributed by atoms with Gasteiger partial charge in [0.25, 0.3) is 0 Å². The smallest absolute Gasteiger partial charge is 0.225 e. The summed E-state index contributed by atoms with van der Waals surface area (Å²) >= 11 is 0. The van der Waals surface area contributed by atoms with Gasteiger partial charge in [-0.25, -0.2) is 4.98 Å². The largest absolute Gasteiger partial charge is 0.399 e. The van der Waals surface area contributed by atoms with Gasteiger partial charge in [-0.05, 0) is 12.5 Å². The number of carbonyl (C=O) groups excluding carboxylic acids is 1. The molecule has 0 aliphatic heterocycles. The maximum absolute atomic E-state index is 11.1. The number of hydrogen-bond donors (Lipinski definition) is 2. The lowest BCUT2D eigenvalue weighted by atomic mass is 10.3. The Labute approximate surface area is 77.2 Å². The Balaban J connectivity index is 2.58. The van der Waals surface area contributed by atoms with Crippen molar-refractivity contribution in [2.45, 2.75) is 19.8 Å². The molecule has 0 fully saturated rings. The van der Waals surface area contributed by atoms with Crippen molar-refractivity contribution in [3.8, 4) is 0 Å². The second kappa shape index (κ2) is 4.45. The van der Waals surface area contributed by atoms with Crippen LogP contribution in [-0.4, -0.2) is 10.9 Å². The van der Waals surface area contributed by atoms with Gasteiger partial charge < -0.3 is 11.1 Å². The molecule has 1 rings (SSSR count). The molecule has 0 unspecified atom stereocenters. The van der Waals surface area contributed by atoms with E-state index in [9.17, 15) is 4.79 Å². The molecule has 0 atom stereocenters. The Morgan fingerprint density at radius 1 is 1.69 bits per heavy atom. The van der Waals surface area contributed by atoms with Gasteiger partial charge in [0.05, 0.1) is 0 Å². The van der Waals surface area contributed by atoms with E-state index in [0.29, 0.717) is 17.9 Å². The highest BCUT2D eigenvalue weighted by atomic mass is 16.1. The van der Waals surface area contributed by atoms with Crippen LogP contribution in [0.3, 0.4) is 0 Å². The molecule has 4 nitrogen and oxygen atoms in total. The molecule has 0 radical (unpaired) electrons. The van der Waals surface area contributed by atoms with E-state index in [2.05, 4.69) is 10.3 Å². The third kappa shape index (κ3) is 3.11. The zero-order valence-corrected chi connectivity index (χ0v) is 7.58. The summed E-state index contributed by atoms with van der Waals surface area (Å²) in [4.78, 5) is 15.1. The molecule has 0 bridgehead atoms. The Kier molecular flexibility index (Phi) is 3.25. The van der Waals surface area contributed by atoms with E-state index < -0.39 is 0 Å². The molecule has 0 saturated heterocycles. The van der Waals surface area contributed by atoms with Gasteiger partial charge in [0, 0.05) is 24.4 Å². The Morgan fingerprint density at radius 3 is 3.08 bits per heavy atom. The maximum Gasteiger partial charge on any atom is 0.225 e. The van der Waals surface area contributed by atoms with E-state index >= 15 is 0 Å². The van der Waals surface area contributed by atoms with Crippen LogP contribution in [0.4, 0.5) is 11.5 Å². The summed E-state index contributed by atoms with van der Waals surface area (Å²) in [6.45, 7) is 1.95. The van der Waals surface area contributed by atoms with Gasteiger partial charge in [0.2, 0.25) is 5.91 Å². The predicted molar refractivity (Wildman–Crippen MR) is 52.2 cm³/mol. The summed E-state index contributed by atoms with van der Waals surface area (Å²) in [7, 11) is 0. The fourth-order valence-corrected chi connectivity index (χ4v) is 0.948. The van der Waals surface area contributed by atoms with E-state index in [4.69, 9.17) is 5.73 Å². The third-order valence-corrected chi connectivity index (χ3v) is 1.53. The molecular formula is C9H13N3O. The zero-order valence-electron chi connectivity index (χ0n) is 7.58. The van der Waals surface area contributed by atoms with Crippen LogP contribution in [0.5, 0.6) is 0 Å². The van der Waals surface area contributed by atoms with Crippen LogP contribution < -0.4 is 11.1 Å². The number of nitrogen functional groups attached to an aromatic ring is 1. The van der Waals surface area contributed by atoms with Crippen molar-refractivity contribution in [2.24, 2.45) is 0 Å².